The highest BCUT2D eigenvalue weighted by Gasteiger charge is 2.23. The van der Waals surface area contributed by atoms with E-state index in [0.29, 0.717) is 44.3 Å². The highest BCUT2D eigenvalue weighted by molar-refractivity contribution is 5.69. The van der Waals surface area contributed by atoms with E-state index in [1.165, 1.54) is 0 Å². The van der Waals surface area contributed by atoms with Crippen LogP contribution in [0.1, 0.15) is 6.92 Å². The maximum absolute atomic E-state index is 12.0. The van der Waals surface area contributed by atoms with Crippen molar-refractivity contribution in [2.45, 2.75) is 6.92 Å². The lowest BCUT2D eigenvalue weighted by Crippen LogP contribution is -2.49. The highest BCUT2D eigenvalue weighted by atomic mass is 16.6. The number of carbonyl (C=O) groups is 1. The summed E-state index contributed by atoms with van der Waals surface area (Å²) in [6.45, 7) is 4.71. The van der Waals surface area contributed by atoms with Gasteiger partial charge >= 0.3 is 6.09 Å². The molecule has 1 saturated heterocycles. The Morgan fingerprint density at radius 3 is 2.59 bits per heavy atom. The fourth-order valence-electron chi connectivity index (χ4n) is 3.20. The zero-order chi connectivity index (χ0) is 20.1. The minimum absolute atomic E-state index is 0.264. The number of amides is 1. The molecule has 0 saturated carbocycles. The van der Waals surface area contributed by atoms with E-state index in [2.05, 4.69) is 14.9 Å². The van der Waals surface area contributed by atoms with Crippen LogP contribution in [-0.2, 0) is 4.74 Å². The first-order chi connectivity index (χ1) is 14.2. The molecule has 1 aliphatic heterocycles. The first-order valence-electron chi connectivity index (χ1n) is 9.62. The summed E-state index contributed by atoms with van der Waals surface area (Å²) < 4.78 is 5.10. The molecule has 0 spiro atoms. The van der Waals surface area contributed by atoms with Crippen LogP contribution in [0.2, 0.25) is 0 Å². The van der Waals surface area contributed by atoms with Crippen molar-refractivity contribution < 1.29 is 9.53 Å². The molecule has 8 heteroatoms. The van der Waals surface area contributed by atoms with Crippen LogP contribution in [0.25, 0.3) is 22.8 Å². The topological polar surface area (TPSA) is 84.3 Å². The molecular formula is C21H22N6O2. The minimum Gasteiger partial charge on any atom is -0.450 e. The Balaban J connectivity index is 1.64. The molecule has 1 amide bonds. The predicted octanol–water partition coefficient (Wildman–Crippen LogP) is 2.88. The first kappa shape index (κ1) is 18.8. The molecular weight excluding hydrogens is 368 g/mol. The quantitative estimate of drug-likeness (QED) is 0.677. The normalized spacial score (nSPS) is 14.0. The van der Waals surface area contributed by atoms with Crippen LogP contribution in [0.4, 0.5) is 10.6 Å². The van der Waals surface area contributed by atoms with Crippen molar-refractivity contribution in [1.29, 1.82) is 0 Å². The standard InChI is InChI=1S/C21H22N6O2/c1-2-29-21(28)27-12-10-26(11-13-27)19-14-18(16-6-5-8-22-15-16)24-20(25-19)17-7-3-4-9-23-17/h3-9,14-15H,2,10-13H2,1H3. The smallest absolute Gasteiger partial charge is 0.409 e. The molecule has 4 rings (SSSR count). The molecule has 8 nitrogen and oxygen atoms in total. The maximum atomic E-state index is 12.0. The fraction of sp³-hybridized carbons (Fsp3) is 0.286. The van der Waals surface area contributed by atoms with Crippen molar-refractivity contribution in [1.82, 2.24) is 24.8 Å². The Hall–Kier alpha value is -3.55. The van der Waals surface area contributed by atoms with Crippen LogP contribution < -0.4 is 4.90 Å². The van der Waals surface area contributed by atoms with Gasteiger partial charge < -0.3 is 14.5 Å². The van der Waals surface area contributed by atoms with E-state index < -0.39 is 0 Å². The van der Waals surface area contributed by atoms with Crippen LogP contribution in [0.5, 0.6) is 0 Å². The molecule has 0 radical (unpaired) electrons. The summed E-state index contributed by atoms with van der Waals surface area (Å²) >= 11 is 0. The average Bonchev–Trinajstić information content (AvgIpc) is 2.80. The van der Waals surface area contributed by atoms with Crippen molar-refractivity contribution in [3.05, 3.63) is 55.0 Å². The fourth-order valence-corrected chi connectivity index (χ4v) is 3.20. The van der Waals surface area contributed by atoms with Gasteiger partial charge in [0.2, 0.25) is 0 Å². The third-order valence-corrected chi connectivity index (χ3v) is 4.69. The zero-order valence-corrected chi connectivity index (χ0v) is 16.2. The Kier molecular flexibility index (Phi) is 5.60. The van der Waals surface area contributed by atoms with E-state index in [-0.39, 0.29) is 6.09 Å². The van der Waals surface area contributed by atoms with Gasteiger partial charge in [-0.15, -0.1) is 0 Å². The number of rotatable bonds is 4. The van der Waals surface area contributed by atoms with Gasteiger partial charge in [0.15, 0.2) is 5.82 Å². The Bertz CT molecular complexity index is 902. The summed E-state index contributed by atoms with van der Waals surface area (Å²) in [6, 6.07) is 11.5. The number of piperazine rings is 1. The largest absolute Gasteiger partial charge is 0.450 e. The molecule has 3 aromatic rings. The number of pyridine rings is 2. The van der Waals surface area contributed by atoms with Gasteiger partial charge in [0, 0.05) is 56.4 Å². The molecule has 4 heterocycles. The molecule has 3 aromatic heterocycles. The Morgan fingerprint density at radius 2 is 1.90 bits per heavy atom. The summed E-state index contributed by atoms with van der Waals surface area (Å²) in [7, 11) is 0. The Morgan fingerprint density at radius 1 is 1.03 bits per heavy atom. The molecule has 0 bridgehead atoms. The van der Waals surface area contributed by atoms with Crippen LogP contribution in [-0.4, -0.2) is 63.7 Å². The SMILES string of the molecule is CCOC(=O)N1CCN(c2cc(-c3cccnc3)nc(-c3ccccn3)n2)CC1. The Labute approximate surface area is 169 Å². The number of anilines is 1. The average molecular weight is 390 g/mol. The van der Waals surface area contributed by atoms with Gasteiger partial charge in [0.05, 0.1) is 12.3 Å². The monoisotopic (exact) mass is 390 g/mol. The molecule has 0 aromatic carbocycles. The minimum atomic E-state index is -0.264. The summed E-state index contributed by atoms with van der Waals surface area (Å²) in [6.07, 6.45) is 4.99. The number of hydrogen-bond acceptors (Lipinski definition) is 7. The maximum Gasteiger partial charge on any atom is 0.409 e. The highest BCUT2D eigenvalue weighted by Crippen LogP contribution is 2.25. The summed E-state index contributed by atoms with van der Waals surface area (Å²) in [5.74, 6) is 1.37. The van der Waals surface area contributed by atoms with Gasteiger partial charge in [0.1, 0.15) is 11.5 Å². The van der Waals surface area contributed by atoms with E-state index >= 15 is 0 Å². The van der Waals surface area contributed by atoms with E-state index in [1.54, 1.807) is 23.5 Å². The van der Waals surface area contributed by atoms with Crippen molar-refractivity contribution >= 4 is 11.9 Å². The molecule has 148 valence electrons. The van der Waals surface area contributed by atoms with E-state index in [0.717, 1.165) is 17.1 Å². The number of aromatic nitrogens is 4. The lowest BCUT2D eigenvalue weighted by atomic mass is 10.2. The van der Waals surface area contributed by atoms with Gasteiger partial charge in [0.25, 0.3) is 0 Å². The molecule has 1 fully saturated rings. The van der Waals surface area contributed by atoms with Crippen molar-refractivity contribution in [2.24, 2.45) is 0 Å². The van der Waals surface area contributed by atoms with Crippen molar-refractivity contribution in [3.8, 4) is 22.8 Å². The zero-order valence-electron chi connectivity index (χ0n) is 16.2. The lowest BCUT2D eigenvalue weighted by Gasteiger charge is -2.34. The molecule has 0 atom stereocenters. The summed E-state index contributed by atoms with van der Waals surface area (Å²) in [5.41, 5.74) is 2.42. The van der Waals surface area contributed by atoms with Crippen LogP contribution in [0.15, 0.2) is 55.0 Å². The second-order valence-corrected chi connectivity index (χ2v) is 6.56. The molecule has 1 aliphatic rings. The van der Waals surface area contributed by atoms with Gasteiger partial charge in [-0.3, -0.25) is 9.97 Å². The molecule has 29 heavy (non-hydrogen) atoms. The number of carbonyl (C=O) groups excluding carboxylic acids is 1. The number of nitrogens with zero attached hydrogens (tertiary/aromatic N) is 6. The lowest BCUT2D eigenvalue weighted by molar-refractivity contribution is 0.105. The number of hydrogen-bond donors (Lipinski definition) is 0. The number of ether oxygens (including phenoxy) is 1. The second-order valence-electron chi connectivity index (χ2n) is 6.56. The van der Waals surface area contributed by atoms with Crippen LogP contribution in [0, 0.1) is 0 Å². The van der Waals surface area contributed by atoms with Gasteiger partial charge in [-0.2, -0.15) is 0 Å². The van der Waals surface area contributed by atoms with Gasteiger partial charge in [-0.1, -0.05) is 6.07 Å². The van der Waals surface area contributed by atoms with E-state index in [9.17, 15) is 4.79 Å². The molecule has 0 aliphatic carbocycles. The molecule has 0 N–H and O–H groups in total. The van der Waals surface area contributed by atoms with E-state index in [4.69, 9.17) is 14.7 Å². The third kappa shape index (κ3) is 4.31. The van der Waals surface area contributed by atoms with Gasteiger partial charge in [-0.05, 0) is 31.2 Å². The summed E-state index contributed by atoms with van der Waals surface area (Å²) in [5, 5.41) is 0. The first-order valence-corrected chi connectivity index (χ1v) is 9.62. The predicted molar refractivity (Wildman–Crippen MR) is 109 cm³/mol. The van der Waals surface area contributed by atoms with Crippen LogP contribution in [0.3, 0.4) is 0 Å². The van der Waals surface area contributed by atoms with Gasteiger partial charge in [-0.25, -0.2) is 14.8 Å². The summed E-state index contributed by atoms with van der Waals surface area (Å²) in [4.78, 5) is 33.9. The molecule has 0 unspecified atom stereocenters. The third-order valence-electron chi connectivity index (χ3n) is 4.69. The second kappa shape index (κ2) is 8.64. The van der Waals surface area contributed by atoms with Crippen LogP contribution >= 0.6 is 0 Å². The van der Waals surface area contributed by atoms with Crippen molar-refractivity contribution in [2.75, 3.05) is 37.7 Å². The van der Waals surface area contributed by atoms with E-state index in [1.807, 2.05) is 43.3 Å². The van der Waals surface area contributed by atoms with Crippen molar-refractivity contribution in [3.63, 3.8) is 0 Å².